The Bertz CT molecular complexity index is 219. The van der Waals surface area contributed by atoms with E-state index in [9.17, 15) is 4.79 Å². The number of likely N-dealkylation sites (tertiary alicyclic amines) is 1. The van der Waals surface area contributed by atoms with Crippen LogP contribution in [0.2, 0.25) is 0 Å². The number of hydrogen-bond donors (Lipinski definition) is 1. The van der Waals surface area contributed by atoms with Crippen molar-refractivity contribution < 1.29 is 4.79 Å². The quantitative estimate of drug-likeness (QED) is 0.828. The zero-order valence-corrected chi connectivity index (χ0v) is 12.0. The second kappa shape index (κ2) is 8.76. The summed E-state index contributed by atoms with van der Waals surface area (Å²) in [5.74, 6) is 0.952. The van der Waals surface area contributed by atoms with Crippen molar-refractivity contribution in [3.05, 3.63) is 0 Å². The molecule has 1 rings (SSSR count). The smallest absolute Gasteiger partial charge is 0.222 e. The van der Waals surface area contributed by atoms with Crippen LogP contribution >= 0.6 is 12.4 Å². The highest BCUT2D eigenvalue weighted by Gasteiger charge is 2.25. The highest BCUT2D eigenvalue weighted by atomic mass is 35.5. The minimum absolute atomic E-state index is 0. The third kappa shape index (κ3) is 5.73. The van der Waals surface area contributed by atoms with Crippen molar-refractivity contribution in [2.75, 3.05) is 13.1 Å². The van der Waals surface area contributed by atoms with Gasteiger partial charge in [0.2, 0.25) is 5.91 Å². The van der Waals surface area contributed by atoms with Gasteiger partial charge in [-0.3, -0.25) is 4.79 Å². The van der Waals surface area contributed by atoms with E-state index in [0.717, 1.165) is 32.2 Å². The number of rotatable bonds is 5. The van der Waals surface area contributed by atoms with Gasteiger partial charge in [0.1, 0.15) is 0 Å². The van der Waals surface area contributed by atoms with Crippen LogP contribution in [-0.4, -0.2) is 29.9 Å². The van der Waals surface area contributed by atoms with Gasteiger partial charge < -0.3 is 10.6 Å². The summed E-state index contributed by atoms with van der Waals surface area (Å²) in [6.45, 7) is 5.97. The predicted octanol–water partition coefficient (Wildman–Crippen LogP) is 2.57. The Labute approximate surface area is 112 Å². The van der Waals surface area contributed by atoms with E-state index >= 15 is 0 Å². The van der Waals surface area contributed by atoms with Gasteiger partial charge in [-0.05, 0) is 44.6 Å². The van der Waals surface area contributed by atoms with Crippen LogP contribution in [-0.2, 0) is 4.79 Å². The molecular weight excluding hydrogens is 236 g/mol. The molecule has 2 N–H and O–H groups in total. The number of nitrogens with two attached hydrogens (primary N) is 1. The van der Waals surface area contributed by atoms with E-state index in [1.54, 1.807) is 0 Å². The highest BCUT2D eigenvalue weighted by Crippen LogP contribution is 2.21. The SMILES string of the molecule is CC(C)CCC(=O)N1CCCCC1CCN.Cl. The summed E-state index contributed by atoms with van der Waals surface area (Å²) in [4.78, 5) is 14.2. The summed E-state index contributed by atoms with van der Waals surface area (Å²) in [5, 5.41) is 0. The Kier molecular flexibility index (Phi) is 8.61. The van der Waals surface area contributed by atoms with Crippen LogP contribution < -0.4 is 5.73 Å². The minimum Gasteiger partial charge on any atom is -0.340 e. The minimum atomic E-state index is 0. The fourth-order valence-corrected chi connectivity index (χ4v) is 2.38. The number of carbonyl (C=O) groups is 1. The molecule has 0 aromatic rings. The van der Waals surface area contributed by atoms with E-state index < -0.39 is 0 Å². The average molecular weight is 263 g/mol. The Morgan fingerprint density at radius 3 is 2.71 bits per heavy atom. The van der Waals surface area contributed by atoms with Crippen molar-refractivity contribution in [1.82, 2.24) is 4.90 Å². The molecule has 1 aliphatic rings. The van der Waals surface area contributed by atoms with Crippen molar-refractivity contribution in [3.8, 4) is 0 Å². The molecule has 3 nitrogen and oxygen atoms in total. The molecule has 4 heteroatoms. The molecule has 1 amide bonds. The van der Waals surface area contributed by atoms with Crippen LogP contribution in [0.15, 0.2) is 0 Å². The number of carbonyl (C=O) groups excluding carboxylic acids is 1. The average Bonchev–Trinajstić information content (AvgIpc) is 2.27. The Morgan fingerprint density at radius 2 is 2.12 bits per heavy atom. The van der Waals surface area contributed by atoms with Gasteiger partial charge in [-0.15, -0.1) is 12.4 Å². The summed E-state index contributed by atoms with van der Waals surface area (Å²) in [5.41, 5.74) is 5.61. The maximum absolute atomic E-state index is 12.1. The first-order valence-electron chi connectivity index (χ1n) is 6.64. The van der Waals surface area contributed by atoms with Gasteiger partial charge in [0.25, 0.3) is 0 Å². The van der Waals surface area contributed by atoms with Crippen LogP contribution in [0.5, 0.6) is 0 Å². The van der Waals surface area contributed by atoms with Crippen molar-refractivity contribution in [1.29, 1.82) is 0 Å². The molecule has 1 unspecified atom stereocenters. The first-order chi connectivity index (χ1) is 7.65. The molecule has 102 valence electrons. The lowest BCUT2D eigenvalue weighted by Gasteiger charge is -2.36. The molecule has 0 radical (unpaired) electrons. The van der Waals surface area contributed by atoms with Gasteiger partial charge in [0.15, 0.2) is 0 Å². The van der Waals surface area contributed by atoms with Crippen molar-refractivity contribution in [2.24, 2.45) is 11.7 Å². The molecule has 17 heavy (non-hydrogen) atoms. The van der Waals surface area contributed by atoms with E-state index in [1.165, 1.54) is 6.42 Å². The largest absolute Gasteiger partial charge is 0.340 e. The monoisotopic (exact) mass is 262 g/mol. The van der Waals surface area contributed by atoms with Crippen molar-refractivity contribution in [2.45, 2.75) is 58.4 Å². The standard InChI is InChI=1S/C13H26N2O.ClH/c1-11(2)6-7-13(16)15-10-4-3-5-12(15)8-9-14;/h11-12H,3-10,14H2,1-2H3;1H. The van der Waals surface area contributed by atoms with Gasteiger partial charge in [-0.25, -0.2) is 0 Å². The molecule has 0 saturated carbocycles. The van der Waals surface area contributed by atoms with Gasteiger partial charge in [0, 0.05) is 19.0 Å². The lowest BCUT2D eigenvalue weighted by molar-refractivity contribution is -0.135. The molecular formula is C13H27ClN2O. The predicted molar refractivity (Wildman–Crippen MR) is 74.3 cm³/mol. The van der Waals surface area contributed by atoms with Crippen LogP contribution in [0.3, 0.4) is 0 Å². The summed E-state index contributed by atoms with van der Waals surface area (Å²) >= 11 is 0. The van der Waals surface area contributed by atoms with Crippen molar-refractivity contribution >= 4 is 18.3 Å². The molecule has 0 aromatic carbocycles. The Hall–Kier alpha value is -0.280. The molecule has 0 aliphatic carbocycles. The number of halogens is 1. The molecule has 1 fully saturated rings. The van der Waals surface area contributed by atoms with E-state index in [2.05, 4.69) is 18.7 Å². The van der Waals surface area contributed by atoms with E-state index in [-0.39, 0.29) is 12.4 Å². The second-order valence-electron chi connectivity index (χ2n) is 5.25. The van der Waals surface area contributed by atoms with Crippen LogP contribution in [0.25, 0.3) is 0 Å². The molecule has 1 atom stereocenters. The van der Waals surface area contributed by atoms with Gasteiger partial charge in [-0.2, -0.15) is 0 Å². The zero-order valence-electron chi connectivity index (χ0n) is 11.2. The normalized spacial score (nSPS) is 20.2. The Balaban J connectivity index is 0.00000256. The zero-order chi connectivity index (χ0) is 12.0. The number of hydrogen-bond acceptors (Lipinski definition) is 2. The molecule has 1 saturated heterocycles. The first kappa shape index (κ1) is 16.7. The van der Waals surface area contributed by atoms with E-state index in [0.29, 0.717) is 30.8 Å². The lowest BCUT2D eigenvalue weighted by atomic mass is 9.98. The third-order valence-corrected chi connectivity index (χ3v) is 3.38. The number of piperidine rings is 1. The molecule has 0 bridgehead atoms. The van der Waals surface area contributed by atoms with Crippen LogP contribution in [0.1, 0.15) is 52.4 Å². The molecule has 1 heterocycles. The van der Waals surface area contributed by atoms with Crippen LogP contribution in [0.4, 0.5) is 0 Å². The summed E-state index contributed by atoms with van der Waals surface area (Å²) in [6.07, 6.45) is 6.23. The number of nitrogens with zero attached hydrogens (tertiary/aromatic N) is 1. The van der Waals surface area contributed by atoms with Gasteiger partial charge >= 0.3 is 0 Å². The topological polar surface area (TPSA) is 46.3 Å². The van der Waals surface area contributed by atoms with E-state index in [4.69, 9.17) is 5.73 Å². The Morgan fingerprint density at radius 1 is 1.41 bits per heavy atom. The summed E-state index contributed by atoms with van der Waals surface area (Å²) in [7, 11) is 0. The van der Waals surface area contributed by atoms with E-state index in [1.807, 2.05) is 0 Å². The fraction of sp³-hybridized carbons (Fsp3) is 0.923. The molecule has 1 aliphatic heterocycles. The van der Waals surface area contributed by atoms with Gasteiger partial charge in [-0.1, -0.05) is 13.8 Å². The second-order valence-corrected chi connectivity index (χ2v) is 5.25. The molecule has 0 spiro atoms. The fourth-order valence-electron chi connectivity index (χ4n) is 2.38. The highest BCUT2D eigenvalue weighted by molar-refractivity contribution is 5.85. The third-order valence-electron chi connectivity index (χ3n) is 3.38. The van der Waals surface area contributed by atoms with Crippen LogP contribution in [0, 0.1) is 5.92 Å². The number of amides is 1. The molecule has 0 aromatic heterocycles. The maximum atomic E-state index is 12.1. The summed E-state index contributed by atoms with van der Waals surface area (Å²) in [6, 6.07) is 0.415. The lowest BCUT2D eigenvalue weighted by Crippen LogP contribution is -2.44. The van der Waals surface area contributed by atoms with Gasteiger partial charge in [0.05, 0.1) is 0 Å². The van der Waals surface area contributed by atoms with Crippen molar-refractivity contribution in [3.63, 3.8) is 0 Å². The maximum Gasteiger partial charge on any atom is 0.222 e. The first-order valence-corrected chi connectivity index (χ1v) is 6.64. The summed E-state index contributed by atoms with van der Waals surface area (Å²) < 4.78 is 0.